The predicted octanol–water partition coefficient (Wildman–Crippen LogP) is 2.85. The molecule has 0 saturated heterocycles. The molecule has 0 aliphatic heterocycles. The van der Waals surface area contributed by atoms with Gasteiger partial charge < -0.3 is 4.74 Å². The SMILES string of the molecule is C=C1C=CC(C(C)(C)OC(C)=O)CC1. The fraction of sp³-hybridized carbons (Fsp3) is 0.583. The van der Waals surface area contributed by atoms with Crippen molar-refractivity contribution in [3.63, 3.8) is 0 Å². The summed E-state index contributed by atoms with van der Waals surface area (Å²) in [6, 6.07) is 0. The number of carbonyl (C=O) groups excluding carboxylic acids is 1. The van der Waals surface area contributed by atoms with Crippen LogP contribution in [-0.4, -0.2) is 11.6 Å². The fourth-order valence-corrected chi connectivity index (χ4v) is 1.80. The molecular formula is C12H18O2. The molecule has 0 aromatic carbocycles. The van der Waals surface area contributed by atoms with E-state index in [0.717, 1.165) is 18.4 Å². The molecule has 2 nitrogen and oxygen atoms in total. The van der Waals surface area contributed by atoms with Gasteiger partial charge in [-0.25, -0.2) is 0 Å². The Morgan fingerprint density at radius 1 is 1.64 bits per heavy atom. The lowest BCUT2D eigenvalue weighted by molar-refractivity contribution is -0.157. The third-order valence-electron chi connectivity index (χ3n) is 2.64. The molecule has 0 fully saturated rings. The van der Waals surface area contributed by atoms with Crippen LogP contribution in [0.15, 0.2) is 24.3 Å². The minimum atomic E-state index is -0.400. The van der Waals surface area contributed by atoms with Gasteiger partial charge in [0.1, 0.15) is 5.60 Å². The summed E-state index contributed by atoms with van der Waals surface area (Å²) in [5.41, 5.74) is 0.753. The molecule has 0 heterocycles. The smallest absolute Gasteiger partial charge is 0.303 e. The summed E-state index contributed by atoms with van der Waals surface area (Å²) in [4.78, 5) is 10.9. The Morgan fingerprint density at radius 2 is 2.29 bits per heavy atom. The highest BCUT2D eigenvalue weighted by Gasteiger charge is 2.31. The van der Waals surface area contributed by atoms with E-state index in [9.17, 15) is 4.79 Å². The fourth-order valence-electron chi connectivity index (χ4n) is 1.80. The topological polar surface area (TPSA) is 26.3 Å². The average Bonchev–Trinajstić information content (AvgIpc) is 2.02. The Morgan fingerprint density at radius 3 is 2.71 bits per heavy atom. The van der Waals surface area contributed by atoms with Crippen molar-refractivity contribution in [2.45, 2.75) is 39.2 Å². The molecule has 1 aliphatic carbocycles. The van der Waals surface area contributed by atoms with Crippen LogP contribution >= 0.6 is 0 Å². The molecule has 0 aromatic heterocycles. The van der Waals surface area contributed by atoms with Crippen molar-refractivity contribution in [1.29, 1.82) is 0 Å². The molecule has 1 aliphatic rings. The molecule has 0 N–H and O–H groups in total. The summed E-state index contributed by atoms with van der Waals surface area (Å²) < 4.78 is 5.29. The van der Waals surface area contributed by atoms with Crippen LogP contribution < -0.4 is 0 Å². The van der Waals surface area contributed by atoms with Crippen LogP contribution in [0.5, 0.6) is 0 Å². The van der Waals surface area contributed by atoms with E-state index in [-0.39, 0.29) is 5.97 Å². The minimum absolute atomic E-state index is 0.215. The van der Waals surface area contributed by atoms with E-state index in [1.165, 1.54) is 6.92 Å². The lowest BCUT2D eigenvalue weighted by atomic mass is 9.82. The first-order chi connectivity index (χ1) is 6.42. The van der Waals surface area contributed by atoms with Gasteiger partial charge in [-0.15, -0.1) is 0 Å². The van der Waals surface area contributed by atoms with Gasteiger partial charge in [-0.05, 0) is 26.7 Å². The Kier molecular flexibility index (Phi) is 3.14. The highest BCUT2D eigenvalue weighted by atomic mass is 16.6. The maximum Gasteiger partial charge on any atom is 0.303 e. The third kappa shape index (κ3) is 2.72. The average molecular weight is 194 g/mol. The Hall–Kier alpha value is -1.05. The van der Waals surface area contributed by atoms with E-state index in [4.69, 9.17) is 4.74 Å². The number of ether oxygens (including phenoxy) is 1. The van der Waals surface area contributed by atoms with Gasteiger partial charge in [-0.1, -0.05) is 24.3 Å². The second kappa shape index (κ2) is 3.99. The first-order valence-corrected chi connectivity index (χ1v) is 4.97. The molecule has 0 aromatic rings. The molecule has 0 saturated carbocycles. The third-order valence-corrected chi connectivity index (χ3v) is 2.64. The summed E-state index contributed by atoms with van der Waals surface area (Å²) in [5.74, 6) is 0.0877. The highest BCUT2D eigenvalue weighted by molar-refractivity contribution is 5.66. The summed E-state index contributed by atoms with van der Waals surface area (Å²) in [6.45, 7) is 9.26. The van der Waals surface area contributed by atoms with E-state index in [1.54, 1.807) is 0 Å². The van der Waals surface area contributed by atoms with Crippen LogP contribution in [0.2, 0.25) is 0 Å². The number of hydrogen-bond acceptors (Lipinski definition) is 2. The van der Waals surface area contributed by atoms with Gasteiger partial charge in [-0.2, -0.15) is 0 Å². The van der Waals surface area contributed by atoms with Gasteiger partial charge in [0.2, 0.25) is 0 Å². The molecule has 0 amide bonds. The molecule has 0 bridgehead atoms. The normalized spacial score (nSPS) is 22.2. The number of hydrogen-bond donors (Lipinski definition) is 0. The summed E-state index contributed by atoms with van der Waals surface area (Å²) in [6.07, 6.45) is 6.12. The van der Waals surface area contributed by atoms with Crippen molar-refractivity contribution in [3.05, 3.63) is 24.3 Å². The first-order valence-electron chi connectivity index (χ1n) is 4.97. The molecule has 1 rings (SSSR count). The van der Waals surface area contributed by atoms with Crippen molar-refractivity contribution in [2.24, 2.45) is 5.92 Å². The maximum absolute atomic E-state index is 10.9. The monoisotopic (exact) mass is 194 g/mol. The van der Waals surface area contributed by atoms with Crippen LogP contribution in [0, 0.1) is 5.92 Å². The van der Waals surface area contributed by atoms with Crippen LogP contribution in [0.25, 0.3) is 0 Å². The van der Waals surface area contributed by atoms with E-state index >= 15 is 0 Å². The molecule has 0 spiro atoms. The Balaban J connectivity index is 2.68. The van der Waals surface area contributed by atoms with E-state index in [2.05, 4.69) is 12.7 Å². The van der Waals surface area contributed by atoms with Crippen LogP contribution in [0.1, 0.15) is 33.6 Å². The highest BCUT2D eigenvalue weighted by Crippen LogP contribution is 2.31. The van der Waals surface area contributed by atoms with Gasteiger partial charge >= 0.3 is 5.97 Å². The second-order valence-corrected chi connectivity index (χ2v) is 4.36. The largest absolute Gasteiger partial charge is 0.459 e. The first kappa shape index (κ1) is 11.0. The minimum Gasteiger partial charge on any atom is -0.459 e. The zero-order valence-electron chi connectivity index (χ0n) is 9.17. The van der Waals surface area contributed by atoms with Gasteiger partial charge in [0.15, 0.2) is 0 Å². The van der Waals surface area contributed by atoms with E-state index in [1.807, 2.05) is 19.9 Å². The van der Waals surface area contributed by atoms with Crippen molar-refractivity contribution < 1.29 is 9.53 Å². The van der Waals surface area contributed by atoms with Gasteiger partial charge in [0.25, 0.3) is 0 Å². The lowest BCUT2D eigenvalue weighted by Gasteiger charge is -2.33. The number of allylic oxidation sites excluding steroid dienone is 2. The quantitative estimate of drug-likeness (QED) is 0.632. The number of rotatable bonds is 2. The van der Waals surface area contributed by atoms with Crippen molar-refractivity contribution >= 4 is 5.97 Å². The summed E-state index contributed by atoms with van der Waals surface area (Å²) >= 11 is 0. The molecule has 0 radical (unpaired) electrons. The predicted molar refractivity (Wildman–Crippen MR) is 56.8 cm³/mol. The van der Waals surface area contributed by atoms with Crippen molar-refractivity contribution in [1.82, 2.24) is 0 Å². The van der Waals surface area contributed by atoms with Crippen LogP contribution in [0.4, 0.5) is 0 Å². The number of esters is 1. The molecule has 2 heteroatoms. The van der Waals surface area contributed by atoms with Gasteiger partial charge in [0, 0.05) is 12.8 Å². The van der Waals surface area contributed by atoms with Gasteiger partial charge in [-0.3, -0.25) is 4.79 Å². The maximum atomic E-state index is 10.9. The Bertz CT molecular complexity index is 274. The zero-order chi connectivity index (χ0) is 10.8. The number of carbonyl (C=O) groups is 1. The summed E-state index contributed by atoms with van der Waals surface area (Å²) in [7, 11) is 0. The van der Waals surface area contributed by atoms with E-state index in [0.29, 0.717) is 5.92 Å². The molecule has 1 unspecified atom stereocenters. The Labute approximate surface area is 85.6 Å². The van der Waals surface area contributed by atoms with Gasteiger partial charge in [0.05, 0.1) is 0 Å². The van der Waals surface area contributed by atoms with Crippen LogP contribution in [-0.2, 0) is 9.53 Å². The summed E-state index contributed by atoms with van der Waals surface area (Å²) in [5, 5.41) is 0. The van der Waals surface area contributed by atoms with Crippen molar-refractivity contribution in [3.8, 4) is 0 Å². The molecular weight excluding hydrogens is 176 g/mol. The molecule has 78 valence electrons. The zero-order valence-corrected chi connectivity index (χ0v) is 9.17. The standard InChI is InChI=1S/C12H18O2/c1-9-5-7-11(8-6-9)12(3,4)14-10(2)13/h5,7,11H,1,6,8H2,2-4H3. The molecule has 14 heavy (non-hydrogen) atoms. The lowest BCUT2D eigenvalue weighted by Crippen LogP contribution is -2.35. The molecule has 1 atom stereocenters. The van der Waals surface area contributed by atoms with E-state index < -0.39 is 5.60 Å². The van der Waals surface area contributed by atoms with Crippen molar-refractivity contribution in [2.75, 3.05) is 0 Å². The second-order valence-electron chi connectivity index (χ2n) is 4.36. The van der Waals surface area contributed by atoms with Crippen LogP contribution in [0.3, 0.4) is 0 Å².